The largest absolute Gasteiger partial charge is 0.511 e. The van der Waals surface area contributed by atoms with E-state index in [2.05, 4.69) is 4.74 Å². The molecule has 0 unspecified atom stereocenters. The van der Waals surface area contributed by atoms with E-state index in [1.807, 2.05) is 0 Å². The molecule has 0 heterocycles. The smallest absolute Gasteiger partial charge is 0.504 e. The van der Waals surface area contributed by atoms with Crippen molar-refractivity contribution in [1.82, 2.24) is 0 Å². The molecule has 13 heavy (non-hydrogen) atoms. The summed E-state index contributed by atoms with van der Waals surface area (Å²) < 4.78 is 4.15. The molecule has 0 radical (unpaired) electrons. The zero-order valence-corrected chi connectivity index (χ0v) is 6.43. The molecule has 0 saturated carbocycles. The number of aromatic hydroxyl groups is 1. The molecule has 0 amide bonds. The van der Waals surface area contributed by atoms with Gasteiger partial charge in [-0.15, -0.1) is 0 Å². The van der Waals surface area contributed by atoms with Crippen molar-refractivity contribution < 1.29 is 19.7 Å². The lowest BCUT2D eigenvalue weighted by molar-refractivity contribution is 0.143. The highest BCUT2D eigenvalue weighted by molar-refractivity contribution is 5.62. The van der Waals surface area contributed by atoms with Crippen molar-refractivity contribution in [2.45, 2.75) is 0 Å². The van der Waals surface area contributed by atoms with Crippen LogP contribution in [-0.4, -0.2) is 16.4 Å². The summed E-state index contributed by atoms with van der Waals surface area (Å²) in [6.45, 7) is 0. The molecule has 5 nitrogen and oxygen atoms in total. The summed E-state index contributed by atoms with van der Waals surface area (Å²) in [6.07, 6.45) is -1.58. The maximum Gasteiger partial charge on any atom is 0.511 e. The Morgan fingerprint density at radius 2 is 2.08 bits per heavy atom. The van der Waals surface area contributed by atoms with E-state index in [1.54, 1.807) is 0 Å². The first kappa shape index (κ1) is 9.05. The first-order valence-corrected chi connectivity index (χ1v) is 3.34. The van der Waals surface area contributed by atoms with E-state index in [0.29, 0.717) is 0 Å². The predicted octanol–water partition coefficient (Wildman–Crippen LogP) is 0.809. The van der Waals surface area contributed by atoms with Crippen LogP contribution in [0.3, 0.4) is 0 Å². The van der Waals surface area contributed by atoms with E-state index in [4.69, 9.17) is 10.2 Å². The lowest BCUT2D eigenvalue weighted by Crippen LogP contribution is -2.04. The van der Waals surface area contributed by atoms with Crippen LogP contribution in [0.15, 0.2) is 29.1 Å². The zero-order valence-electron chi connectivity index (χ0n) is 6.43. The van der Waals surface area contributed by atoms with Crippen LogP contribution in [-0.2, 0) is 0 Å². The van der Waals surface area contributed by atoms with Crippen molar-refractivity contribution in [2.24, 2.45) is 0 Å². The molecule has 0 spiro atoms. The third-order valence-corrected chi connectivity index (χ3v) is 1.24. The van der Waals surface area contributed by atoms with Crippen molar-refractivity contribution in [3.05, 3.63) is 34.5 Å². The standard InChI is InChI=1S/C8H6O5/c9-5-2-1-3-6(10)7(4-5)13-8(11)12/h1-4,10H,(H,11,12). The fourth-order valence-electron chi connectivity index (χ4n) is 0.743. The lowest BCUT2D eigenvalue weighted by atomic mass is 10.4. The Kier molecular flexibility index (Phi) is 2.49. The average molecular weight is 182 g/mol. The Labute approximate surface area is 72.8 Å². The second-order valence-corrected chi connectivity index (χ2v) is 2.19. The Hall–Kier alpha value is -2.04. The van der Waals surface area contributed by atoms with E-state index in [1.165, 1.54) is 18.2 Å². The molecule has 68 valence electrons. The van der Waals surface area contributed by atoms with E-state index >= 15 is 0 Å². The topological polar surface area (TPSA) is 83.8 Å². The van der Waals surface area contributed by atoms with Gasteiger partial charge in [-0.05, 0) is 12.1 Å². The highest BCUT2D eigenvalue weighted by Crippen LogP contribution is 2.21. The normalized spacial score (nSPS) is 9.23. The van der Waals surface area contributed by atoms with Crippen LogP contribution in [0.4, 0.5) is 4.79 Å². The van der Waals surface area contributed by atoms with Gasteiger partial charge in [0.1, 0.15) is 0 Å². The number of carboxylic acid groups (broad SMARTS) is 1. The average Bonchev–Trinajstić information content (AvgIpc) is 2.14. The Morgan fingerprint density at radius 3 is 2.69 bits per heavy atom. The first-order chi connectivity index (χ1) is 6.09. The monoisotopic (exact) mass is 182 g/mol. The third kappa shape index (κ3) is 2.48. The van der Waals surface area contributed by atoms with Gasteiger partial charge >= 0.3 is 6.16 Å². The maximum atomic E-state index is 10.8. The molecule has 5 heteroatoms. The van der Waals surface area contributed by atoms with Crippen LogP contribution in [0.1, 0.15) is 0 Å². The minimum atomic E-state index is -1.58. The van der Waals surface area contributed by atoms with Gasteiger partial charge in [0.05, 0.1) is 0 Å². The third-order valence-electron chi connectivity index (χ3n) is 1.24. The van der Waals surface area contributed by atoms with Crippen LogP contribution in [0.25, 0.3) is 0 Å². The van der Waals surface area contributed by atoms with Gasteiger partial charge in [-0.2, -0.15) is 0 Å². The summed E-state index contributed by atoms with van der Waals surface area (Å²) in [5.41, 5.74) is -0.448. The molecule has 2 N–H and O–H groups in total. The van der Waals surface area contributed by atoms with Crippen molar-refractivity contribution in [2.75, 3.05) is 0 Å². The molecule has 1 aromatic carbocycles. The summed E-state index contributed by atoms with van der Waals surface area (Å²) in [5, 5.41) is 17.3. The molecule has 0 saturated heterocycles. The van der Waals surface area contributed by atoms with Gasteiger partial charge in [0.2, 0.25) is 0 Å². The molecule has 0 aliphatic heterocycles. The Morgan fingerprint density at radius 1 is 1.38 bits per heavy atom. The van der Waals surface area contributed by atoms with E-state index in [9.17, 15) is 9.59 Å². The van der Waals surface area contributed by atoms with Crippen LogP contribution < -0.4 is 10.2 Å². The second kappa shape index (κ2) is 3.57. The summed E-state index contributed by atoms with van der Waals surface area (Å²) in [5.74, 6) is -0.771. The molecule has 1 rings (SSSR count). The second-order valence-electron chi connectivity index (χ2n) is 2.19. The first-order valence-electron chi connectivity index (χ1n) is 3.34. The zero-order chi connectivity index (χ0) is 9.84. The van der Waals surface area contributed by atoms with Crippen LogP contribution >= 0.6 is 0 Å². The predicted molar refractivity (Wildman–Crippen MR) is 43.0 cm³/mol. The number of hydrogen-bond donors (Lipinski definition) is 2. The van der Waals surface area contributed by atoms with Crippen molar-refractivity contribution in [3.8, 4) is 11.5 Å². The van der Waals surface area contributed by atoms with E-state index in [-0.39, 0.29) is 5.75 Å². The maximum absolute atomic E-state index is 10.8. The lowest BCUT2D eigenvalue weighted by Gasteiger charge is -1.96. The van der Waals surface area contributed by atoms with Crippen molar-refractivity contribution >= 4 is 6.16 Å². The highest BCUT2D eigenvalue weighted by atomic mass is 16.7. The van der Waals surface area contributed by atoms with Gasteiger partial charge in [-0.25, -0.2) is 4.79 Å². The molecular weight excluding hydrogens is 176 g/mol. The summed E-state index contributed by atoms with van der Waals surface area (Å²) in [7, 11) is 0. The molecule has 1 aromatic rings. The SMILES string of the molecule is O=C(O)Oc1cc(=O)cccc1O. The number of ether oxygens (including phenoxy) is 1. The number of rotatable bonds is 1. The molecule has 0 aliphatic carbocycles. The molecule has 0 fully saturated rings. The van der Waals surface area contributed by atoms with Gasteiger partial charge < -0.3 is 14.9 Å². The van der Waals surface area contributed by atoms with Gasteiger partial charge in [-0.1, -0.05) is 6.07 Å². The molecule has 0 aromatic heterocycles. The molecule has 0 bridgehead atoms. The minimum Gasteiger partial charge on any atom is -0.504 e. The molecular formula is C8H6O5. The van der Waals surface area contributed by atoms with Crippen molar-refractivity contribution in [1.29, 1.82) is 0 Å². The van der Waals surface area contributed by atoms with Crippen LogP contribution in [0.2, 0.25) is 0 Å². The van der Waals surface area contributed by atoms with Crippen LogP contribution in [0, 0.1) is 0 Å². The highest BCUT2D eigenvalue weighted by Gasteiger charge is 2.05. The summed E-state index contributed by atoms with van der Waals surface area (Å²) in [6, 6.07) is 4.53. The van der Waals surface area contributed by atoms with E-state index in [0.717, 1.165) is 6.07 Å². The van der Waals surface area contributed by atoms with Crippen LogP contribution in [0.5, 0.6) is 11.5 Å². The fourth-order valence-corrected chi connectivity index (χ4v) is 0.743. The quantitative estimate of drug-likeness (QED) is 0.628. The summed E-state index contributed by atoms with van der Waals surface area (Å²) in [4.78, 5) is 20.9. The van der Waals surface area contributed by atoms with Gasteiger partial charge in [-0.3, -0.25) is 4.79 Å². The van der Waals surface area contributed by atoms with Gasteiger partial charge in [0.25, 0.3) is 0 Å². The van der Waals surface area contributed by atoms with E-state index < -0.39 is 17.3 Å². The molecule has 0 atom stereocenters. The molecule has 0 aliphatic rings. The minimum absolute atomic E-state index is 0.373. The number of carbonyl (C=O) groups is 1. The van der Waals surface area contributed by atoms with Crippen molar-refractivity contribution in [3.63, 3.8) is 0 Å². The van der Waals surface area contributed by atoms with Gasteiger partial charge in [0, 0.05) is 6.07 Å². The summed E-state index contributed by atoms with van der Waals surface area (Å²) >= 11 is 0. The Bertz CT molecular complexity index is 385. The Balaban J connectivity index is 3.21. The van der Waals surface area contributed by atoms with Gasteiger partial charge in [0.15, 0.2) is 16.9 Å². The number of hydrogen-bond acceptors (Lipinski definition) is 4. The fraction of sp³-hybridized carbons (Fsp3) is 0.